The molecule has 1 aromatic heterocycles. The molecule has 2 aromatic carbocycles. The Morgan fingerprint density at radius 3 is 2.71 bits per heavy atom. The number of hydrogen-bond acceptors (Lipinski definition) is 8. The van der Waals surface area contributed by atoms with Gasteiger partial charge in [-0.1, -0.05) is 0 Å². The van der Waals surface area contributed by atoms with E-state index in [0.29, 0.717) is 28.1 Å². The summed E-state index contributed by atoms with van der Waals surface area (Å²) >= 11 is 0. The first-order valence-corrected chi connectivity index (χ1v) is 13.1. The predicted octanol–water partition coefficient (Wildman–Crippen LogP) is 4.61. The molecule has 0 spiro atoms. The first-order valence-electron chi connectivity index (χ1n) is 10.7. The number of aryl methyl sites for hydroxylation is 1. The minimum absolute atomic E-state index is 0.0977. The van der Waals surface area contributed by atoms with Gasteiger partial charge in [0.1, 0.15) is 36.4 Å². The lowest BCUT2D eigenvalue weighted by molar-refractivity contribution is -0.0509. The second kappa shape index (κ2) is 10.3. The van der Waals surface area contributed by atoms with Gasteiger partial charge in [-0.3, -0.25) is 0 Å². The standard InChI is InChI=1S/C23H25F3N4O4S/c1-13-6-15(30-35(2,3)31)8-17-22(13)23(28-12-27-17)29-16-5-4-14(24)7-18(16)34-20-10-32-9-19(20)33-11-21(25)26/h4-8,12,19-21H,9-11H2,1-3H3,(H,27,28,29)/t19?,20-/m0/s1. The number of fused-ring (bicyclic) bond motifs is 1. The van der Waals surface area contributed by atoms with Crippen LogP contribution in [-0.4, -0.2) is 65.1 Å². The molecule has 8 nitrogen and oxygen atoms in total. The lowest BCUT2D eigenvalue weighted by atomic mass is 10.1. The Labute approximate surface area is 201 Å². The summed E-state index contributed by atoms with van der Waals surface area (Å²) in [4.78, 5) is 8.64. The molecule has 12 heteroatoms. The zero-order chi connectivity index (χ0) is 25.2. The molecule has 1 aliphatic rings. The Balaban J connectivity index is 1.65. The van der Waals surface area contributed by atoms with E-state index in [1.165, 1.54) is 24.5 Å². The molecule has 1 N–H and O–H groups in total. The predicted molar refractivity (Wildman–Crippen MR) is 127 cm³/mol. The zero-order valence-electron chi connectivity index (χ0n) is 19.3. The first kappa shape index (κ1) is 25.1. The Kier molecular flexibility index (Phi) is 7.43. The SMILES string of the molecule is Cc1cc(N=S(C)(C)=O)cc2ncnc(Nc3ccc(F)cc3O[C@H]3COCC3OCC(F)F)c12. The van der Waals surface area contributed by atoms with Crippen molar-refractivity contribution >= 4 is 37.8 Å². The van der Waals surface area contributed by atoms with Gasteiger partial charge in [-0.25, -0.2) is 27.3 Å². The van der Waals surface area contributed by atoms with Crippen molar-refractivity contribution in [3.8, 4) is 5.75 Å². The molecule has 2 atom stereocenters. The van der Waals surface area contributed by atoms with Gasteiger partial charge in [0.25, 0.3) is 6.43 Å². The van der Waals surface area contributed by atoms with Crippen molar-refractivity contribution in [1.29, 1.82) is 0 Å². The Bertz CT molecular complexity index is 1340. The van der Waals surface area contributed by atoms with E-state index in [4.69, 9.17) is 14.2 Å². The highest BCUT2D eigenvalue weighted by Crippen LogP contribution is 2.34. The summed E-state index contributed by atoms with van der Waals surface area (Å²) in [5.41, 5.74) is 2.32. The fraction of sp³-hybridized carbons (Fsp3) is 0.391. The fourth-order valence-electron chi connectivity index (χ4n) is 3.74. The minimum atomic E-state index is -2.62. The number of nitrogens with one attached hydrogen (secondary N) is 1. The monoisotopic (exact) mass is 510 g/mol. The van der Waals surface area contributed by atoms with Crippen LogP contribution in [0.1, 0.15) is 5.56 Å². The maximum atomic E-state index is 14.1. The largest absolute Gasteiger partial charge is 0.483 e. The molecule has 1 saturated heterocycles. The van der Waals surface area contributed by atoms with E-state index in [9.17, 15) is 17.4 Å². The van der Waals surface area contributed by atoms with Crippen LogP contribution in [0.4, 0.5) is 30.4 Å². The second-order valence-electron chi connectivity index (χ2n) is 8.37. The number of aromatic nitrogens is 2. The molecular weight excluding hydrogens is 485 g/mol. The van der Waals surface area contributed by atoms with E-state index in [2.05, 4.69) is 19.6 Å². The van der Waals surface area contributed by atoms with E-state index in [1.54, 1.807) is 24.6 Å². The second-order valence-corrected chi connectivity index (χ2v) is 10.9. The third kappa shape index (κ3) is 6.38. The number of benzene rings is 2. The summed E-state index contributed by atoms with van der Waals surface area (Å²) in [5, 5.41) is 3.86. The third-order valence-corrected chi connectivity index (χ3v) is 5.79. The van der Waals surface area contributed by atoms with Crippen LogP contribution in [0.5, 0.6) is 5.75 Å². The van der Waals surface area contributed by atoms with Crippen molar-refractivity contribution < 1.29 is 31.6 Å². The van der Waals surface area contributed by atoms with Crippen LogP contribution in [0.25, 0.3) is 10.9 Å². The van der Waals surface area contributed by atoms with Crippen molar-refractivity contribution in [2.45, 2.75) is 25.6 Å². The van der Waals surface area contributed by atoms with Crippen molar-refractivity contribution in [3.05, 3.63) is 48.0 Å². The van der Waals surface area contributed by atoms with Crippen molar-refractivity contribution in [1.82, 2.24) is 9.97 Å². The molecule has 188 valence electrons. The highest BCUT2D eigenvalue weighted by Gasteiger charge is 2.32. The minimum Gasteiger partial charge on any atom is -0.483 e. The molecule has 0 aliphatic carbocycles. The topological polar surface area (TPSA) is 94.9 Å². The molecule has 35 heavy (non-hydrogen) atoms. The van der Waals surface area contributed by atoms with E-state index in [-0.39, 0.29) is 19.0 Å². The number of rotatable bonds is 8. The Morgan fingerprint density at radius 1 is 1.20 bits per heavy atom. The average molecular weight is 511 g/mol. The number of anilines is 2. The van der Waals surface area contributed by atoms with Gasteiger partial charge in [0, 0.05) is 33.7 Å². The van der Waals surface area contributed by atoms with Gasteiger partial charge in [0.15, 0.2) is 6.10 Å². The van der Waals surface area contributed by atoms with Crippen LogP contribution in [0, 0.1) is 12.7 Å². The van der Waals surface area contributed by atoms with Crippen LogP contribution in [0.3, 0.4) is 0 Å². The average Bonchev–Trinajstić information content (AvgIpc) is 3.19. The Hall–Kier alpha value is -2.96. The maximum Gasteiger partial charge on any atom is 0.261 e. The van der Waals surface area contributed by atoms with Crippen molar-refractivity contribution in [2.24, 2.45) is 4.36 Å². The molecule has 2 heterocycles. The van der Waals surface area contributed by atoms with E-state index in [1.807, 2.05) is 6.92 Å². The molecule has 4 rings (SSSR count). The van der Waals surface area contributed by atoms with Gasteiger partial charge in [-0.2, -0.15) is 4.36 Å². The van der Waals surface area contributed by atoms with Crippen LogP contribution < -0.4 is 10.1 Å². The normalized spacial score (nSPS) is 18.3. The molecule has 0 saturated carbocycles. The highest BCUT2D eigenvalue weighted by molar-refractivity contribution is 7.92. The fourth-order valence-corrected chi connectivity index (χ4v) is 4.35. The molecule has 0 amide bonds. The summed E-state index contributed by atoms with van der Waals surface area (Å²) < 4.78 is 72.0. The lowest BCUT2D eigenvalue weighted by Crippen LogP contribution is -2.34. The van der Waals surface area contributed by atoms with Gasteiger partial charge in [0.2, 0.25) is 0 Å². The molecular formula is C23H25F3N4O4S. The van der Waals surface area contributed by atoms with Gasteiger partial charge in [-0.15, -0.1) is 0 Å². The summed E-state index contributed by atoms with van der Waals surface area (Å²) in [5.74, 6) is 0.0588. The maximum absolute atomic E-state index is 14.1. The van der Waals surface area contributed by atoms with Crippen molar-refractivity contribution in [3.63, 3.8) is 0 Å². The highest BCUT2D eigenvalue weighted by atomic mass is 32.2. The summed E-state index contributed by atoms with van der Waals surface area (Å²) in [6.07, 6.45) is 0.444. The molecule has 0 radical (unpaired) electrons. The summed E-state index contributed by atoms with van der Waals surface area (Å²) in [6.45, 7) is 1.32. The van der Waals surface area contributed by atoms with Gasteiger partial charge < -0.3 is 19.5 Å². The number of halogens is 3. The first-order chi connectivity index (χ1) is 16.6. The Morgan fingerprint density at radius 2 is 1.97 bits per heavy atom. The molecule has 1 aliphatic heterocycles. The van der Waals surface area contributed by atoms with Crippen molar-refractivity contribution in [2.75, 3.05) is 37.6 Å². The van der Waals surface area contributed by atoms with E-state index in [0.717, 1.165) is 5.56 Å². The van der Waals surface area contributed by atoms with Gasteiger partial charge in [0.05, 0.1) is 30.1 Å². The number of nitrogens with zero attached hydrogens (tertiary/aromatic N) is 3. The molecule has 1 unspecified atom stereocenters. The smallest absolute Gasteiger partial charge is 0.261 e. The quantitative estimate of drug-likeness (QED) is 0.473. The zero-order valence-corrected chi connectivity index (χ0v) is 20.2. The van der Waals surface area contributed by atoms with Crippen LogP contribution in [-0.2, 0) is 19.2 Å². The lowest BCUT2D eigenvalue weighted by Gasteiger charge is -2.22. The van der Waals surface area contributed by atoms with Gasteiger partial charge >= 0.3 is 0 Å². The summed E-state index contributed by atoms with van der Waals surface area (Å²) in [6, 6.07) is 7.44. The third-order valence-electron chi connectivity index (χ3n) is 5.14. The molecule has 1 fully saturated rings. The van der Waals surface area contributed by atoms with Crippen LogP contribution >= 0.6 is 0 Å². The summed E-state index contributed by atoms with van der Waals surface area (Å²) in [7, 11) is -2.35. The molecule has 3 aromatic rings. The van der Waals surface area contributed by atoms with Gasteiger partial charge in [-0.05, 0) is 36.8 Å². The van der Waals surface area contributed by atoms with Crippen LogP contribution in [0.15, 0.2) is 41.0 Å². The van der Waals surface area contributed by atoms with E-state index >= 15 is 0 Å². The molecule has 0 bridgehead atoms. The van der Waals surface area contributed by atoms with E-state index < -0.39 is 40.8 Å². The number of ether oxygens (including phenoxy) is 3. The number of hydrogen-bond donors (Lipinski definition) is 1. The van der Waals surface area contributed by atoms with Crippen LogP contribution in [0.2, 0.25) is 0 Å². The number of alkyl halides is 2.